The highest BCUT2D eigenvalue weighted by Gasteiger charge is 2.23. The second-order valence-electron chi connectivity index (χ2n) is 7.06. The van der Waals surface area contributed by atoms with Gasteiger partial charge in [-0.3, -0.25) is 4.90 Å². The highest BCUT2D eigenvalue weighted by molar-refractivity contribution is 9.10. The number of aliphatic imine (C=N–C) groups is 1. The second-order valence-corrected chi connectivity index (χ2v) is 7.97. The van der Waals surface area contributed by atoms with Crippen molar-refractivity contribution in [2.24, 2.45) is 4.99 Å². The monoisotopic (exact) mass is 457 g/mol. The molecule has 7 heteroatoms. The summed E-state index contributed by atoms with van der Waals surface area (Å²) in [5.41, 5.74) is 4.63. The number of carbonyl (C=O) groups is 1. The van der Waals surface area contributed by atoms with E-state index in [1.807, 2.05) is 25.1 Å². The number of anilines is 1. The van der Waals surface area contributed by atoms with Gasteiger partial charge in [-0.05, 0) is 42.8 Å². The Morgan fingerprint density at radius 2 is 1.93 bits per heavy atom. The van der Waals surface area contributed by atoms with Gasteiger partial charge in [0.05, 0.1) is 55.7 Å². The number of hydrogen-bond acceptors (Lipinski definition) is 6. The summed E-state index contributed by atoms with van der Waals surface area (Å²) in [6.45, 7) is 7.14. The third-order valence-electron chi connectivity index (χ3n) is 5.08. The number of fused-ring (bicyclic) bond motifs is 1. The quantitative estimate of drug-likeness (QED) is 0.638. The Morgan fingerprint density at radius 1 is 1.17 bits per heavy atom. The third kappa shape index (κ3) is 4.69. The van der Waals surface area contributed by atoms with Crippen molar-refractivity contribution in [3.63, 3.8) is 0 Å². The Morgan fingerprint density at radius 3 is 2.66 bits per heavy atom. The maximum absolute atomic E-state index is 11.9. The number of rotatable bonds is 5. The number of nitrogens with zero attached hydrogens (tertiary/aromatic N) is 3. The van der Waals surface area contributed by atoms with Crippen molar-refractivity contribution in [3.8, 4) is 0 Å². The van der Waals surface area contributed by atoms with Crippen LogP contribution in [0.25, 0.3) is 0 Å². The van der Waals surface area contributed by atoms with E-state index in [1.54, 1.807) is 12.1 Å². The molecule has 0 N–H and O–H groups in total. The van der Waals surface area contributed by atoms with Crippen molar-refractivity contribution >= 4 is 39.0 Å². The Bertz CT molecular complexity index is 908. The Kier molecular flexibility index (Phi) is 6.28. The molecule has 1 saturated heterocycles. The molecule has 152 valence electrons. The minimum Gasteiger partial charge on any atom is -0.462 e. The number of halogens is 1. The Hall–Kier alpha value is -2.22. The van der Waals surface area contributed by atoms with Crippen LogP contribution in [-0.4, -0.2) is 62.7 Å². The van der Waals surface area contributed by atoms with Gasteiger partial charge in [-0.15, -0.1) is 0 Å². The first-order valence-electron chi connectivity index (χ1n) is 9.84. The van der Waals surface area contributed by atoms with Gasteiger partial charge in [-0.25, -0.2) is 9.79 Å². The molecule has 0 aromatic heterocycles. The normalized spacial score (nSPS) is 16.9. The van der Waals surface area contributed by atoms with Crippen LogP contribution < -0.4 is 4.90 Å². The van der Waals surface area contributed by atoms with Crippen LogP contribution in [0.4, 0.5) is 11.4 Å². The van der Waals surface area contributed by atoms with Crippen molar-refractivity contribution in [3.05, 3.63) is 58.1 Å². The summed E-state index contributed by atoms with van der Waals surface area (Å²) in [5.74, 6) is -0.298. The fourth-order valence-corrected chi connectivity index (χ4v) is 3.93. The van der Waals surface area contributed by atoms with Gasteiger partial charge in [-0.1, -0.05) is 28.1 Å². The molecule has 0 aliphatic carbocycles. The molecule has 2 heterocycles. The van der Waals surface area contributed by atoms with Crippen LogP contribution in [0.15, 0.2) is 51.9 Å². The molecule has 0 atom stereocenters. The lowest BCUT2D eigenvalue weighted by molar-refractivity contribution is 0.0383. The van der Waals surface area contributed by atoms with E-state index in [0.717, 1.165) is 60.1 Å². The Balaban J connectivity index is 1.60. The zero-order valence-electron chi connectivity index (χ0n) is 16.4. The summed E-state index contributed by atoms with van der Waals surface area (Å²) >= 11 is 3.56. The number of morpholine rings is 1. The van der Waals surface area contributed by atoms with Gasteiger partial charge in [0.1, 0.15) is 0 Å². The largest absolute Gasteiger partial charge is 0.462 e. The van der Waals surface area contributed by atoms with E-state index >= 15 is 0 Å². The predicted molar refractivity (Wildman–Crippen MR) is 117 cm³/mol. The first-order valence-corrected chi connectivity index (χ1v) is 10.6. The van der Waals surface area contributed by atoms with Crippen molar-refractivity contribution in [1.29, 1.82) is 0 Å². The highest BCUT2D eigenvalue weighted by atomic mass is 79.9. The lowest BCUT2D eigenvalue weighted by atomic mass is 10.0. The molecule has 4 rings (SSSR count). The zero-order chi connectivity index (χ0) is 20.2. The van der Waals surface area contributed by atoms with Gasteiger partial charge >= 0.3 is 5.97 Å². The smallest absolute Gasteiger partial charge is 0.338 e. The lowest BCUT2D eigenvalue weighted by Gasteiger charge is -2.36. The molecule has 0 amide bonds. The molecule has 1 fully saturated rings. The number of ether oxygens (including phenoxy) is 2. The van der Waals surface area contributed by atoms with E-state index in [1.165, 1.54) is 0 Å². The van der Waals surface area contributed by atoms with Crippen molar-refractivity contribution in [2.45, 2.75) is 6.92 Å². The minimum atomic E-state index is -0.298. The van der Waals surface area contributed by atoms with E-state index in [-0.39, 0.29) is 5.97 Å². The molecular formula is C22H24BrN3O3. The fraction of sp³-hybridized carbons (Fsp3) is 0.364. The molecule has 2 aliphatic rings. The highest BCUT2D eigenvalue weighted by Crippen LogP contribution is 2.35. The van der Waals surface area contributed by atoms with Crippen molar-refractivity contribution in [1.82, 2.24) is 4.90 Å². The van der Waals surface area contributed by atoms with Crippen LogP contribution in [0, 0.1) is 0 Å². The average Bonchev–Trinajstić information content (AvgIpc) is 2.74. The van der Waals surface area contributed by atoms with E-state index < -0.39 is 0 Å². The van der Waals surface area contributed by atoms with Gasteiger partial charge in [-0.2, -0.15) is 0 Å². The lowest BCUT2D eigenvalue weighted by Crippen LogP contribution is -2.46. The SMILES string of the molecule is CCOC(=O)c1ccc(C2=Nc3cc(Br)ccc3N(CN3CCOCC3)C2)cc1. The van der Waals surface area contributed by atoms with Crippen LogP contribution in [0.3, 0.4) is 0 Å². The summed E-state index contributed by atoms with van der Waals surface area (Å²) in [6.07, 6.45) is 0. The first kappa shape index (κ1) is 20.1. The van der Waals surface area contributed by atoms with Crippen molar-refractivity contribution in [2.75, 3.05) is 51.0 Å². The number of carbonyl (C=O) groups excluding carboxylic acids is 1. The zero-order valence-corrected chi connectivity index (χ0v) is 18.0. The minimum absolute atomic E-state index is 0.298. The van der Waals surface area contributed by atoms with E-state index in [0.29, 0.717) is 18.7 Å². The van der Waals surface area contributed by atoms with Crippen molar-refractivity contribution < 1.29 is 14.3 Å². The molecule has 0 bridgehead atoms. The van der Waals surface area contributed by atoms with Crippen LogP contribution in [0.5, 0.6) is 0 Å². The fourth-order valence-electron chi connectivity index (χ4n) is 3.58. The van der Waals surface area contributed by atoms with E-state index in [4.69, 9.17) is 14.5 Å². The molecule has 6 nitrogen and oxygen atoms in total. The standard InChI is InChI=1S/C22H24BrN3O3/c1-2-29-22(27)17-5-3-16(4-6-17)20-14-26(15-25-9-11-28-12-10-25)21-8-7-18(23)13-19(21)24-20/h3-8,13H,2,9-12,14-15H2,1H3. The number of esters is 1. The second kappa shape index (κ2) is 9.07. The predicted octanol–water partition coefficient (Wildman–Crippen LogP) is 3.86. The molecular weight excluding hydrogens is 434 g/mol. The maximum Gasteiger partial charge on any atom is 0.338 e. The Labute approximate surface area is 179 Å². The number of hydrogen-bond donors (Lipinski definition) is 0. The summed E-state index contributed by atoms with van der Waals surface area (Å²) in [4.78, 5) is 21.6. The van der Waals surface area contributed by atoms with Gasteiger partial charge < -0.3 is 14.4 Å². The van der Waals surface area contributed by atoms with E-state index in [9.17, 15) is 4.79 Å². The molecule has 2 aromatic rings. The third-order valence-corrected chi connectivity index (χ3v) is 5.57. The first-order chi connectivity index (χ1) is 14.1. The summed E-state index contributed by atoms with van der Waals surface area (Å²) in [5, 5.41) is 0. The molecule has 29 heavy (non-hydrogen) atoms. The van der Waals surface area contributed by atoms with E-state index in [2.05, 4.69) is 37.9 Å². The maximum atomic E-state index is 11.9. The van der Waals surface area contributed by atoms with Gasteiger partial charge in [0.25, 0.3) is 0 Å². The van der Waals surface area contributed by atoms with Gasteiger partial charge in [0.15, 0.2) is 0 Å². The molecule has 2 aliphatic heterocycles. The van der Waals surface area contributed by atoms with Crippen LogP contribution in [0.2, 0.25) is 0 Å². The van der Waals surface area contributed by atoms with Crippen LogP contribution in [0.1, 0.15) is 22.8 Å². The topological polar surface area (TPSA) is 54.4 Å². The summed E-state index contributed by atoms with van der Waals surface area (Å²) in [6, 6.07) is 13.7. The molecule has 0 saturated carbocycles. The van der Waals surface area contributed by atoms with Crippen LogP contribution >= 0.6 is 15.9 Å². The van der Waals surface area contributed by atoms with Gasteiger partial charge in [0, 0.05) is 17.6 Å². The molecule has 0 spiro atoms. The molecule has 0 unspecified atom stereocenters. The average molecular weight is 458 g/mol. The molecule has 0 radical (unpaired) electrons. The summed E-state index contributed by atoms with van der Waals surface area (Å²) in [7, 11) is 0. The molecule has 2 aromatic carbocycles. The summed E-state index contributed by atoms with van der Waals surface area (Å²) < 4.78 is 11.6. The van der Waals surface area contributed by atoms with Crippen LogP contribution in [-0.2, 0) is 9.47 Å². The van der Waals surface area contributed by atoms with Gasteiger partial charge in [0.2, 0.25) is 0 Å². The number of benzene rings is 2.